The number of anilines is 1. The van der Waals surface area contributed by atoms with Crippen molar-refractivity contribution in [3.8, 4) is 0 Å². The van der Waals surface area contributed by atoms with Gasteiger partial charge in [0.05, 0.1) is 16.2 Å². The second kappa shape index (κ2) is 6.01. The van der Waals surface area contributed by atoms with Gasteiger partial charge in [-0.1, -0.05) is 24.9 Å². The molecule has 1 aliphatic carbocycles. The molecular weight excluding hydrogens is 268 g/mol. The van der Waals surface area contributed by atoms with Crippen LogP contribution in [0.15, 0.2) is 30.5 Å². The Labute approximate surface area is 125 Å². The number of hydrogen-bond donors (Lipinski definition) is 1. The highest BCUT2D eigenvalue weighted by atomic mass is 35.5. The third kappa shape index (κ3) is 2.76. The predicted molar refractivity (Wildman–Crippen MR) is 86.4 cm³/mol. The van der Waals surface area contributed by atoms with E-state index in [0.717, 1.165) is 27.5 Å². The Kier molecular flexibility index (Phi) is 4.11. The van der Waals surface area contributed by atoms with Gasteiger partial charge in [-0.2, -0.15) is 0 Å². The Hall–Kier alpha value is -1.28. The number of pyridine rings is 1. The topological polar surface area (TPSA) is 24.9 Å². The number of aromatic nitrogens is 1. The van der Waals surface area contributed by atoms with Crippen LogP contribution in [0.1, 0.15) is 39.0 Å². The van der Waals surface area contributed by atoms with E-state index < -0.39 is 0 Å². The van der Waals surface area contributed by atoms with Crippen LogP contribution in [0.2, 0.25) is 5.02 Å². The highest BCUT2D eigenvalue weighted by Gasteiger charge is 2.20. The maximum Gasteiger partial charge on any atom is 0.0948 e. The molecule has 2 aromatic rings. The number of rotatable bonds is 3. The third-order valence-electron chi connectivity index (χ3n) is 4.50. The van der Waals surface area contributed by atoms with Gasteiger partial charge in [-0.15, -0.1) is 0 Å². The average Bonchev–Trinajstić information content (AvgIpc) is 2.51. The van der Waals surface area contributed by atoms with Crippen LogP contribution in [0.3, 0.4) is 0 Å². The molecule has 0 bridgehead atoms. The summed E-state index contributed by atoms with van der Waals surface area (Å²) in [6.07, 6.45) is 8.35. The summed E-state index contributed by atoms with van der Waals surface area (Å²) in [5.74, 6) is 0.924. The number of benzene rings is 1. The molecule has 0 unspecified atom stereocenters. The van der Waals surface area contributed by atoms with E-state index in [1.165, 1.54) is 32.1 Å². The van der Waals surface area contributed by atoms with Crippen molar-refractivity contribution in [1.29, 1.82) is 0 Å². The number of nitrogens with one attached hydrogen (secondary N) is 1. The molecule has 1 saturated carbocycles. The summed E-state index contributed by atoms with van der Waals surface area (Å²) in [7, 11) is 0. The molecule has 0 radical (unpaired) electrons. The molecule has 0 atom stereocenters. The van der Waals surface area contributed by atoms with Crippen molar-refractivity contribution in [3.63, 3.8) is 0 Å². The van der Waals surface area contributed by atoms with Crippen LogP contribution in [0, 0.1) is 5.92 Å². The molecular formula is C17H21ClN2. The molecule has 106 valence electrons. The summed E-state index contributed by atoms with van der Waals surface area (Å²) >= 11 is 6.24. The van der Waals surface area contributed by atoms with E-state index in [9.17, 15) is 0 Å². The third-order valence-corrected chi connectivity index (χ3v) is 4.83. The minimum Gasteiger partial charge on any atom is -0.381 e. The molecule has 1 aliphatic rings. The van der Waals surface area contributed by atoms with Crippen molar-refractivity contribution in [2.75, 3.05) is 5.32 Å². The van der Waals surface area contributed by atoms with Crippen LogP contribution in [0.5, 0.6) is 0 Å². The van der Waals surface area contributed by atoms with Gasteiger partial charge < -0.3 is 5.32 Å². The van der Waals surface area contributed by atoms with Gasteiger partial charge in [0.1, 0.15) is 0 Å². The van der Waals surface area contributed by atoms with Gasteiger partial charge in [0, 0.05) is 17.6 Å². The van der Waals surface area contributed by atoms with Gasteiger partial charge in [-0.3, -0.25) is 4.98 Å². The van der Waals surface area contributed by atoms with Crippen LogP contribution in [-0.4, -0.2) is 11.0 Å². The lowest BCUT2D eigenvalue weighted by Gasteiger charge is -2.29. The molecule has 0 amide bonds. The quantitative estimate of drug-likeness (QED) is 0.832. The minimum absolute atomic E-state index is 0.573. The van der Waals surface area contributed by atoms with Crippen molar-refractivity contribution >= 4 is 28.2 Å². The monoisotopic (exact) mass is 288 g/mol. The zero-order chi connectivity index (χ0) is 13.9. The summed E-state index contributed by atoms with van der Waals surface area (Å²) in [5.41, 5.74) is 2.10. The molecule has 3 heteroatoms. The van der Waals surface area contributed by atoms with Gasteiger partial charge in [0.2, 0.25) is 0 Å². The maximum atomic E-state index is 6.24. The van der Waals surface area contributed by atoms with E-state index in [1.807, 2.05) is 24.4 Å². The van der Waals surface area contributed by atoms with Crippen LogP contribution in [-0.2, 0) is 0 Å². The molecule has 2 nitrogen and oxygen atoms in total. The summed E-state index contributed by atoms with van der Waals surface area (Å²) in [5, 5.41) is 5.48. The van der Waals surface area contributed by atoms with E-state index in [0.29, 0.717) is 6.04 Å². The lowest BCUT2D eigenvalue weighted by atomic mass is 9.84. The van der Waals surface area contributed by atoms with Gasteiger partial charge in [0.25, 0.3) is 0 Å². The molecule has 0 aliphatic heterocycles. The molecule has 1 aromatic carbocycles. The number of fused-ring (bicyclic) bond motifs is 1. The summed E-state index contributed by atoms with van der Waals surface area (Å²) in [6.45, 7) is 2.30. The van der Waals surface area contributed by atoms with Crippen LogP contribution < -0.4 is 5.32 Å². The first-order valence-corrected chi connectivity index (χ1v) is 7.95. The van der Waals surface area contributed by atoms with Crippen molar-refractivity contribution < 1.29 is 0 Å². The van der Waals surface area contributed by atoms with Crippen molar-refractivity contribution in [2.24, 2.45) is 5.92 Å². The molecule has 1 aromatic heterocycles. The van der Waals surface area contributed by atoms with E-state index >= 15 is 0 Å². The zero-order valence-electron chi connectivity index (χ0n) is 11.9. The number of halogens is 1. The van der Waals surface area contributed by atoms with Crippen molar-refractivity contribution in [1.82, 2.24) is 4.98 Å². The molecule has 1 N–H and O–H groups in total. The average molecular weight is 289 g/mol. The van der Waals surface area contributed by atoms with Crippen LogP contribution in [0.25, 0.3) is 10.9 Å². The maximum absolute atomic E-state index is 6.24. The fourth-order valence-electron chi connectivity index (χ4n) is 3.19. The summed E-state index contributed by atoms with van der Waals surface area (Å²) < 4.78 is 0. The zero-order valence-corrected chi connectivity index (χ0v) is 12.7. The largest absolute Gasteiger partial charge is 0.381 e. The molecule has 20 heavy (non-hydrogen) atoms. The summed E-state index contributed by atoms with van der Waals surface area (Å²) in [6, 6.07) is 8.56. The fraction of sp³-hybridized carbons (Fsp3) is 0.471. The Morgan fingerprint density at radius 2 is 2.00 bits per heavy atom. The molecule has 3 rings (SSSR count). The van der Waals surface area contributed by atoms with E-state index in [1.54, 1.807) is 0 Å². The first-order valence-electron chi connectivity index (χ1n) is 7.57. The smallest absolute Gasteiger partial charge is 0.0948 e. The first kappa shape index (κ1) is 13.7. The van der Waals surface area contributed by atoms with E-state index in [-0.39, 0.29) is 0 Å². The predicted octanol–water partition coefficient (Wildman–Crippen LogP) is 5.27. The lowest BCUT2D eigenvalue weighted by Crippen LogP contribution is -2.26. The van der Waals surface area contributed by atoms with E-state index in [4.69, 9.17) is 11.6 Å². The highest BCUT2D eigenvalue weighted by Crippen LogP contribution is 2.32. The SMILES string of the molecule is CCC1CCC(Nc2ccc(Cl)c3cccnc23)CC1. The van der Waals surface area contributed by atoms with Gasteiger partial charge >= 0.3 is 0 Å². The number of nitrogens with zero attached hydrogens (tertiary/aromatic N) is 1. The molecule has 1 fully saturated rings. The summed E-state index contributed by atoms with van der Waals surface area (Å²) in [4.78, 5) is 4.49. The lowest BCUT2D eigenvalue weighted by molar-refractivity contribution is 0.330. The molecule has 0 spiro atoms. The first-order chi connectivity index (χ1) is 9.78. The van der Waals surface area contributed by atoms with E-state index in [2.05, 4.69) is 23.3 Å². The van der Waals surface area contributed by atoms with Crippen molar-refractivity contribution in [2.45, 2.75) is 45.1 Å². The fourth-order valence-corrected chi connectivity index (χ4v) is 3.40. The van der Waals surface area contributed by atoms with Crippen molar-refractivity contribution in [3.05, 3.63) is 35.5 Å². The minimum atomic E-state index is 0.573. The Morgan fingerprint density at radius 1 is 1.20 bits per heavy atom. The molecule has 0 saturated heterocycles. The Balaban J connectivity index is 1.80. The molecule has 1 heterocycles. The van der Waals surface area contributed by atoms with Crippen LogP contribution in [0.4, 0.5) is 5.69 Å². The van der Waals surface area contributed by atoms with Gasteiger partial charge in [0.15, 0.2) is 0 Å². The normalized spacial score (nSPS) is 22.9. The van der Waals surface area contributed by atoms with Crippen LogP contribution >= 0.6 is 11.6 Å². The second-order valence-electron chi connectivity index (χ2n) is 5.76. The highest BCUT2D eigenvalue weighted by molar-refractivity contribution is 6.35. The van der Waals surface area contributed by atoms with Gasteiger partial charge in [-0.05, 0) is 55.9 Å². The second-order valence-corrected chi connectivity index (χ2v) is 6.17. The Bertz CT molecular complexity index is 589. The number of hydrogen-bond acceptors (Lipinski definition) is 2. The Morgan fingerprint density at radius 3 is 2.75 bits per heavy atom. The van der Waals surface area contributed by atoms with Gasteiger partial charge in [-0.25, -0.2) is 0 Å². The standard InChI is InChI=1S/C17H21ClN2/c1-2-12-5-7-13(8-6-12)20-16-10-9-15(18)14-4-3-11-19-17(14)16/h3-4,9-13,20H,2,5-8H2,1H3.